The first-order valence-electron chi connectivity index (χ1n) is 8.98. The minimum absolute atomic E-state index is 0.0356. The Morgan fingerprint density at radius 1 is 0.967 bits per heavy atom. The van der Waals surface area contributed by atoms with E-state index < -0.39 is 11.6 Å². The van der Waals surface area contributed by atoms with E-state index in [2.05, 4.69) is 4.98 Å². The number of thioether (sulfide) groups is 1. The fourth-order valence-corrected chi connectivity index (χ4v) is 4.64. The number of anilines is 1. The molecule has 30 heavy (non-hydrogen) atoms. The molecule has 0 radical (unpaired) electrons. The lowest BCUT2D eigenvalue weighted by Gasteiger charge is -2.20. The predicted molar refractivity (Wildman–Crippen MR) is 114 cm³/mol. The summed E-state index contributed by atoms with van der Waals surface area (Å²) in [6, 6.07) is 17.2. The van der Waals surface area contributed by atoms with Gasteiger partial charge in [-0.1, -0.05) is 41.7 Å². The highest BCUT2D eigenvalue weighted by Crippen LogP contribution is 2.32. The van der Waals surface area contributed by atoms with Crippen LogP contribution in [0.25, 0.3) is 10.2 Å². The van der Waals surface area contributed by atoms with Gasteiger partial charge in [0.2, 0.25) is 5.91 Å². The summed E-state index contributed by atoms with van der Waals surface area (Å²) in [6.07, 6.45) is 0. The number of rotatable bonds is 6. The number of aromatic nitrogens is 1. The molecule has 8 heteroatoms. The van der Waals surface area contributed by atoms with Crippen LogP contribution in [0.2, 0.25) is 0 Å². The minimum atomic E-state index is -0.764. The van der Waals surface area contributed by atoms with Crippen LogP contribution in [0.5, 0.6) is 0 Å². The molecule has 152 valence electrons. The van der Waals surface area contributed by atoms with Gasteiger partial charge in [-0.15, -0.1) is 11.8 Å². The molecular weight excluding hydrogens is 429 g/mol. The van der Waals surface area contributed by atoms with Crippen LogP contribution < -0.4 is 4.90 Å². The summed E-state index contributed by atoms with van der Waals surface area (Å²) in [4.78, 5) is 19.5. The Morgan fingerprint density at radius 2 is 1.70 bits per heavy atom. The summed E-state index contributed by atoms with van der Waals surface area (Å²) < 4.78 is 41.1. The van der Waals surface area contributed by atoms with Crippen LogP contribution in [-0.4, -0.2) is 16.6 Å². The van der Waals surface area contributed by atoms with Gasteiger partial charge in [0.25, 0.3) is 0 Å². The Labute approximate surface area is 179 Å². The van der Waals surface area contributed by atoms with E-state index in [9.17, 15) is 18.0 Å². The molecular formula is C22H15F3N2OS2. The van der Waals surface area contributed by atoms with Crippen molar-refractivity contribution in [2.45, 2.75) is 11.4 Å². The summed E-state index contributed by atoms with van der Waals surface area (Å²) >= 11 is 2.33. The van der Waals surface area contributed by atoms with Crippen LogP contribution in [0.4, 0.5) is 18.3 Å². The standard InChI is InChI=1S/C22H15F3N2OS2/c23-15-6-8-17(9-7-15)29-13-20(28)27(12-14-4-2-1-3-5-14)22-26-21-18(25)10-16(24)11-19(21)30-22/h1-11H,12-13H2. The molecule has 0 saturated heterocycles. The molecule has 1 heterocycles. The van der Waals surface area contributed by atoms with Crippen molar-refractivity contribution in [1.29, 1.82) is 0 Å². The van der Waals surface area contributed by atoms with Crippen molar-refractivity contribution in [3.8, 4) is 0 Å². The largest absolute Gasteiger partial charge is 0.283 e. The fraction of sp³-hybridized carbons (Fsp3) is 0.0909. The summed E-state index contributed by atoms with van der Waals surface area (Å²) in [5, 5.41) is 0.294. The maximum Gasteiger partial charge on any atom is 0.239 e. The summed E-state index contributed by atoms with van der Waals surface area (Å²) in [7, 11) is 0. The van der Waals surface area contributed by atoms with Gasteiger partial charge in [-0.3, -0.25) is 9.69 Å². The van der Waals surface area contributed by atoms with Gasteiger partial charge in [0, 0.05) is 11.0 Å². The third-order valence-electron chi connectivity index (χ3n) is 4.29. The van der Waals surface area contributed by atoms with Gasteiger partial charge in [0.15, 0.2) is 10.9 Å². The first kappa shape index (κ1) is 20.4. The van der Waals surface area contributed by atoms with Gasteiger partial charge in [-0.05, 0) is 35.9 Å². The number of thiazole rings is 1. The van der Waals surface area contributed by atoms with E-state index in [-0.39, 0.29) is 29.5 Å². The van der Waals surface area contributed by atoms with Gasteiger partial charge in [0.1, 0.15) is 17.2 Å². The van der Waals surface area contributed by atoms with Gasteiger partial charge in [-0.2, -0.15) is 0 Å². The average molecular weight is 445 g/mol. The normalized spacial score (nSPS) is 11.0. The molecule has 0 spiro atoms. The number of amides is 1. The van der Waals surface area contributed by atoms with E-state index in [0.717, 1.165) is 27.9 Å². The number of hydrogen-bond acceptors (Lipinski definition) is 4. The summed E-state index contributed by atoms with van der Waals surface area (Å²) in [5.74, 6) is -1.96. The van der Waals surface area contributed by atoms with Crippen molar-refractivity contribution in [3.05, 3.63) is 89.7 Å². The molecule has 3 aromatic carbocycles. The monoisotopic (exact) mass is 444 g/mol. The molecule has 1 amide bonds. The number of hydrogen-bond donors (Lipinski definition) is 0. The predicted octanol–water partition coefficient (Wildman–Crippen LogP) is 6.04. The van der Waals surface area contributed by atoms with Gasteiger partial charge >= 0.3 is 0 Å². The van der Waals surface area contributed by atoms with E-state index in [0.29, 0.717) is 9.83 Å². The zero-order chi connectivity index (χ0) is 21.1. The Morgan fingerprint density at radius 3 is 2.43 bits per heavy atom. The molecule has 0 unspecified atom stereocenters. The molecule has 1 aromatic heterocycles. The molecule has 4 rings (SSSR count). The Kier molecular flexibility index (Phi) is 6.06. The Balaban J connectivity index is 1.63. The highest BCUT2D eigenvalue weighted by molar-refractivity contribution is 8.00. The third kappa shape index (κ3) is 4.66. The number of halogens is 3. The molecule has 4 aromatic rings. The van der Waals surface area contributed by atoms with E-state index in [4.69, 9.17) is 0 Å². The maximum atomic E-state index is 14.1. The quantitative estimate of drug-likeness (QED) is 0.340. The van der Waals surface area contributed by atoms with Gasteiger partial charge in [0.05, 0.1) is 17.0 Å². The van der Waals surface area contributed by atoms with E-state index >= 15 is 0 Å². The number of fused-ring (bicyclic) bond motifs is 1. The number of benzene rings is 3. The minimum Gasteiger partial charge on any atom is -0.283 e. The molecule has 0 aliphatic rings. The van der Waals surface area contributed by atoms with Gasteiger partial charge in [-0.25, -0.2) is 18.2 Å². The van der Waals surface area contributed by atoms with Crippen LogP contribution in [-0.2, 0) is 11.3 Å². The SMILES string of the molecule is O=C(CSc1ccc(F)cc1)N(Cc1ccccc1)c1nc2c(F)cc(F)cc2s1. The molecule has 0 aliphatic heterocycles. The maximum absolute atomic E-state index is 14.1. The van der Waals surface area contributed by atoms with Crippen LogP contribution >= 0.6 is 23.1 Å². The van der Waals surface area contributed by atoms with Crippen molar-refractivity contribution >= 4 is 44.4 Å². The highest BCUT2D eigenvalue weighted by Gasteiger charge is 2.22. The Bertz CT molecular complexity index is 1180. The first-order chi connectivity index (χ1) is 14.5. The second-order valence-electron chi connectivity index (χ2n) is 6.44. The molecule has 0 aliphatic carbocycles. The molecule has 0 atom stereocenters. The van der Waals surface area contributed by atoms with Crippen molar-refractivity contribution in [3.63, 3.8) is 0 Å². The molecule has 3 nitrogen and oxygen atoms in total. The molecule has 0 bridgehead atoms. The smallest absolute Gasteiger partial charge is 0.239 e. The zero-order valence-electron chi connectivity index (χ0n) is 15.5. The van der Waals surface area contributed by atoms with Crippen molar-refractivity contribution in [1.82, 2.24) is 4.98 Å². The van der Waals surface area contributed by atoms with Crippen LogP contribution in [0, 0.1) is 17.5 Å². The first-order valence-corrected chi connectivity index (χ1v) is 10.8. The van der Waals surface area contributed by atoms with E-state index in [1.54, 1.807) is 12.1 Å². The number of carbonyl (C=O) groups is 1. The lowest BCUT2D eigenvalue weighted by atomic mass is 10.2. The lowest BCUT2D eigenvalue weighted by Crippen LogP contribution is -2.31. The fourth-order valence-electron chi connectivity index (χ4n) is 2.84. The number of carbonyl (C=O) groups excluding carboxylic acids is 1. The molecule has 0 fully saturated rings. The zero-order valence-corrected chi connectivity index (χ0v) is 17.2. The average Bonchev–Trinajstić information content (AvgIpc) is 3.16. The van der Waals surface area contributed by atoms with Crippen LogP contribution in [0.3, 0.4) is 0 Å². The number of nitrogens with zero attached hydrogens (tertiary/aromatic N) is 2. The van der Waals surface area contributed by atoms with E-state index in [1.165, 1.54) is 34.9 Å². The molecule has 0 saturated carbocycles. The Hall–Kier alpha value is -2.84. The van der Waals surface area contributed by atoms with E-state index in [1.807, 2.05) is 30.3 Å². The lowest BCUT2D eigenvalue weighted by molar-refractivity contribution is -0.116. The van der Waals surface area contributed by atoms with Crippen LogP contribution in [0.1, 0.15) is 5.56 Å². The van der Waals surface area contributed by atoms with Crippen LogP contribution in [0.15, 0.2) is 71.6 Å². The second kappa shape index (κ2) is 8.89. The summed E-state index contributed by atoms with van der Waals surface area (Å²) in [6.45, 7) is 0.244. The third-order valence-corrected chi connectivity index (χ3v) is 6.32. The van der Waals surface area contributed by atoms with Crippen molar-refractivity contribution in [2.24, 2.45) is 0 Å². The second-order valence-corrected chi connectivity index (χ2v) is 8.50. The summed E-state index contributed by atoms with van der Waals surface area (Å²) in [5.41, 5.74) is 0.914. The molecule has 0 N–H and O–H groups in total. The van der Waals surface area contributed by atoms with Crippen molar-refractivity contribution < 1.29 is 18.0 Å². The van der Waals surface area contributed by atoms with Gasteiger partial charge < -0.3 is 0 Å². The topological polar surface area (TPSA) is 33.2 Å². The van der Waals surface area contributed by atoms with Crippen molar-refractivity contribution in [2.75, 3.05) is 10.7 Å². The highest BCUT2D eigenvalue weighted by atomic mass is 32.2.